The lowest BCUT2D eigenvalue weighted by atomic mass is 10.3. The van der Waals surface area contributed by atoms with E-state index in [0.29, 0.717) is 22.3 Å². The average Bonchev–Trinajstić information content (AvgIpc) is 2.38. The monoisotopic (exact) mass is 352 g/mol. The van der Waals surface area contributed by atoms with Crippen molar-refractivity contribution < 1.29 is 4.79 Å². The number of amides is 2. The number of rotatable bonds is 5. The number of benzene rings is 1. The molecule has 0 saturated carbocycles. The Balaban J connectivity index is 2.76. The van der Waals surface area contributed by atoms with Gasteiger partial charge in [-0.3, -0.25) is 0 Å². The van der Waals surface area contributed by atoms with Gasteiger partial charge in [-0.1, -0.05) is 52.5 Å². The Labute approximate surface area is 137 Å². The third-order valence-corrected chi connectivity index (χ3v) is 3.32. The number of nitrogens with one attached hydrogen (secondary N) is 1. The summed E-state index contributed by atoms with van der Waals surface area (Å²) in [5.74, 6) is 0. The van der Waals surface area contributed by atoms with Crippen molar-refractivity contribution in [2.45, 2.75) is 0 Å². The molecule has 0 atom stereocenters. The largest absolute Gasteiger partial charge is 0.322 e. The maximum atomic E-state index is 12.1. The van der Waals surface area contributed by atoms with E-state index in [1.165, 1.54) is 11.0 Å². The van der Waals surface area contributed by atoms with Gasteiger partial charge in [-0.25, -0.2) is 4.79 Å². The standard InChI is InChI=1S/C13H12Cl4N2O/c1-2-6-19(7-5-12(16)17)13(20)18-9-3-4-10(14)11(15)8-9/h2-5,8H,1,6-7H2,(H,18,20). The number of urea groups is 1. The molecule has 0 aliphatic carbocycles. The molecule has 20 heavy (non-hydrogen) atoms. The molecular weight excluding hydrogens is 342 g/mol. The van der Waals surface area contributed by atoms with E-state index in [0.717, 1.165) is 0 Å². The van der Waals surface area contributed by atoms with Crippen molar-refractivity contribution >= 4 is 58.1 Å². The summed E-state index contributed by atoms with van der Waals surface area (Å²) in [7, 11) is 0. The molecule has 1 N–H and O–H groups in total. The zero-order chi connectivity index (χ0) is 15.1. The molecule has 0 heterocycles. The van der Waals surface area contributed by atoms with Crippen molar-refractivity contribution in [2.75, 3.05) is 18.4 Å². The Kier molecular flexibility index (Phi) is 7.24. The molecule has 2 amide bonds. The highest BCUT2D eigenvalue weighted by molar-refractivity contribution is 6.55. The molecule has 0 aromatic heterocycles. The number of anilines is 1. The second kappa shape index (κ2) is 8.42. The van der Waals surface area contributed by atoms with Gasteiger partial charge < -0.3 is 10.2 Å². The van der Waals surface area contributed by atoms with Gasteiger partial charge in [-0.05, 0) is 24.3 Å². The lowest BCUT2D eigenvalue weighted by Gasteiger charge is -2.20. The van der Waals surface area contributed by atoms with Crippen LogP contribution in [0, 0.1) is 0 Å². The second-order valence-corrected chi connectivity index (χ2v) is 5.57. The molecule has 0 spiro atoms. The van der Waals surface area contributed by atoms with Crippen LogP contribution < -0.4 is 5.32 Å². The van der Waals surface area contributed by atoms with Crippen LogP contribution >= 0.6 is 46.4 Å². The molecule has 1 aromatic rings. The third-order valence-electron chi connectivity index (χ3n) is 2.27. The first-order chi connectivity index (χ1) is 9.43. The van der Waals surface area contributed by atoms with Gasteiger partial charge in [0.25, 0.3) is 0 Å². The minimum atomic E-state index is -0.325. The first-order valence-electron chi connectivity index (χ1n) is 5.57. The highest BCUT2D eigenvalue weighted by Gasteiger charge is 2.11. The molecule has 0 saturated heterocycles. The van der Waals surface area contributed by atoms with Crippen LogP contribution in [0.2, 0.25) is 10.0 Å². The van der Waals surface area contributed by atoms with Crippen LogP contribution in [0.4, 0.5) is 10.5 Å². The molecule has 0 radical (unpaired) electrons. The molecule has 0 aliphatic rings. The minimum absolute atomic E-state index is 0.0985. The summed E-state index contributed by atoms with van der Waals surface area (Å²) in [6.45, 7) is 4.21. The van der Waals surface area contributed by atoms with Gasteiger partial charge in [0.2, 0.25) is 0 Å². The lowest BCUT2D eigenvalue weighted by molar-refractivity contribution is 0.222. The van der Waals surface area contributed by atoms with Gasteiger partial charge in [-0.15, -0.1) is 6.58 Å². The van der Waals surface area contributed by atoms with E-state index >= 15 is 0 Å². The van der Waals surface area contributed by atoms with Crippen LogP contribution in [0.25, 0.3) is 0 Å². The highest BCUT2D eigenvalue weighted by atomic mass is 35.5. The molecule has 1 rings (SSSR count). The predicted molar refractivity (Wildman–Crippen MR) is 87.0 cm³/mol. The molecule has 0 unspecified atom stereocenters. The topological polar surface area (TPSA) is 32.3 Å². The van der Waals surface area contributed by atoms with Crippen LogP contribution in [0.1, 0.15) is 0 Å². The van der Waals surface area contributed by atoms with Crippen molar-refractivity contribution in [3.8, 4) is 0 Å². The first-order valence-corrected chi connectivity index (χ1v) is 7.08. The molecule has 0 bridgehead atoms. The summed E-state index contributed by atoms with van der Waals surface area (Å²) in [6.07, 6.45) is 3.12. The third kappa shape index (κ3) is 5.63. The van der Waals surface area contributed by atoms with Crippen LogP contribution in [-0.4, -0.2) is 24.0 Å². The number of carbonyl (C=O) groups excluding carboxylic acids is 1. The molecule has 3 nitrogen and oxygen atoms in total. The molecule has 0 fully saturated rings. The highest BCUT2D eigenvalue weighted by Crippen LogP contribution is 2.25. The predicted octanol–water partition coefficient (Wildman–Crippen LogP) is 5.33. The number of nitrogens with zero attached hydrogens (tertiary/aromatic N) is 1. The maximum absolute atomic E-state index is 12.1. The number of hydrogen-bond donors (Lipinski definition) is 1. The maximum Gasteiger partial charge on any atom is 0.322 e. The Hall–Kier alpha value is -0.870. The van der Waals surface area contributed by atoms with Crippen molar-refractivity contribution in [3.63, 3.8) is 0 Å². The van der Waals surface area contributed by atoms with E-state index in [2.05, 4.69) is 11.9 Å². The molecule has 1 aromatic carbocycles. The zero-order valence-corrected chi connectivity index (χ0v) is 13.4. The van der Waals surface area contributed by atoms with Gasteiger partial charge in [0.05, 0.1) is 10.0 Å². The van der Waals surface area contributed by atoms with Crippen molar-refractivity contribution in [1.82, 2.24) is 4.90 Å². The fourth-order valence-corrected chi connectivity index (χ4v) is 1.79. The van der Waals surface area contributed by atoms with E-state index in [9.17, 15) is 4.79 Å². The summed E-state index contributed by atoms with van der Waals surface area (Å²) < 4.78 is 0.0985. The van der Waals surface area contributed by atoms with Gasteiger partial charge in [0.15, 0.2) is 0 Å². The Morgan fingerprint density at radius 2 is 1.95 bits per heavy atom. The molecule has 7 heteroatoms. The fraction of sp³-hybridized carbons (Fsp3) is 0.154. The van der Waals surface area contributed by atoms with E-state index in [4.69, 9.17) is 46.4 Å². The lowest BCUT2D eigenvalue weighted by Crippen LogP contribution is -2.35. The summed E-state index contributed by atoms with van der Waals surface area (Å²) in [5, 5.41) is 3.48. The van der Waals surface area contributed by atoms with Crippen LogP contribution in [-0.2, 0) is 0 Å². The smallest absolute Gasteiger partial charge is 0.317 e. The molecule has 0 aliphatic heterocycles. The zero-order valence-electron chi connectivity index (χ0n) is 10.4. The molecular formula is C13H12Cl4N2O. The van der Waals surface area contributed by atoms with E-state index < -0.39 is 0 Å². The van der Waals surface area contributed by atoms with Crippen LogP contribution in [0.15, 0.2) is 41.4 Å². The number of hydrogen-bond acceptors (Lipinski definition) is 1. The number of carbonyl (C=O) groups is 1. The van der Waals surface area contributed by atoms with Crippen LogP contribution in [0.5, 0.6) is 0 Å². The summed E-state index contributed by atoms with van der Waals surface area (Å²) in [5.41, 5.74) is 0.541. The fourth-order valence-electron chi connectivity index (χ4n) is 1.35. The Bertz CT molecular complexity index is 527. The molecule has 108 valence electrons. The van der Waals surface area contributed by atoms with Crippen molar-refractivity contribution in [1.29, 1.82) is 0 Å². The Morgan fingerprint density at radius 1 is 1.25 bits per heavy atom. The van der Waals surface area contributed by atoms with Gasteiger partial charge in [-0.2, -0.15) is 0 Å². The van der Waals surface area contributed by atoms with Crippen LogP contribution in [0.3, 0.4) is 0 Å². The van der Waals surface area contributed by atoms with Crippen molar-refractivity contribution in [2.24, 2.45) is 0 Å². The van der Waals surface area contributed by atoms with Gasteiger partial charge >= 0.3 is 6.03 Å². The SMILES string of the molecule is C=CCN(CC=C(Cl)Cl)C(=O)Nc1ccc(Cl)c(Cl)c1. The first kappa shape index (κ1) is 17.2. The summed E-state index contributed by atoms with van der Waals surface area (Å²) >= 11 is 22.8. The second-order valence-electron chi connectivity index (χ2n) is 3.75. The normalized spacial score (nSPS) is 9.80. The van der Waals surface area contributed by atoms with Gasteiger partial charge in [0.1, 0.15) is 4.49 Å². The summed E-state index contributed by atoms with van der Waals surface area (Å²) in [6, 6.07) is 4.50. The Morgan fingerprint density at radius 3 is 2.50 bits per heavy atom. The van der Waals surface area contributed by atoms with E-state index in [1.807, 2.05) is 0 Å². The quantitative estimate of drug-likeness (QED) is 0.712. The number of halogens is 4. The van der Waals surface area contributed by atoms with E-state index in [-0.39, 0.29) is 17.1 Å². The summed E-state index contributed by atoms with van der Waals surface area (Å²) in [4.78, 5) is 13.6. The van der Waals surface area contributed by atoms with Gasteiger partial charge in [0, 0.05) is 18.8 Å². The van der Waals surface area contributed by atoms with Crippen molar-refractivity contribution in [3.05, 3.63) is 51.5 Å². The minimum Gasteiger partial charge on any atom is -0.317 e. The van der Waals surface area contributed by atoms with E-state index in [1.54, 1.807) is 24.3 Å². The average molecular weight is 354 g/mol.